The first-order chi connectivity index (χ1) is 8.89. The van der Waals surface area contributed by atoms with Gasteiger partial charge in [0.1, 0.15) is 0 Å². The van der Waals surface area contributed by atoms with E-state index in [1.807, 2.05) is 13.8 Å². The molecule has 4 N–H and O–H groups in total. The molecule has 6 nitrogen and oxygen atoms in total. The second-order valence-electron chi connectivity index (χ2n) is 4.84. The molecule has 0 fully saturated rings. The molecule has 6 heteroatoms. The third kappa shape index (κ3) is 4.26. The molecule has 0 spiro atoms. The molecule has 19 heavy (non-hydrogen) atoms. The van der Waals surface area contributed by atoms with Crippen LogP contribution >= 0.6 is 0 Å². The highest BCUT2D eigenvalue weighted by atomic mass is 16.5. The number of oxime groups is 1. The molecule has 1 aromatic carbocycles. The van der Waals surface area contributed by atoms with Gasteiger partial charge in [0.2, 0.25) is 0 Å². The van der Waals surface area contributed by atoms with Crippen molar-refractivity contribution < 1.29 is 14.7 Å². The van der Waals surface area contributed by atoms with E-state index in [0.29, 0.717) is 17.7 Å². The highest BCUT2D eigenvalue weighted by Gasteiger charge is 2.21. The number of amides is 1. The molecular formula is C13H19N3O3. The van der Waals surface area contributed by atoms with E-state index in [1.54, 1.807) is 31.4 Å². The minimum absolute atomic E-state index is 0.0363. The fourth-order valence-corrected chi connectivity index (χ4v) is 1.65. The summed E-state index contributed by atoms with van der Waals surface area (Å²) in [5.74, 6) is -0.277. The van der Waals surface area contributed by atoms with E-state index in [2.05, 4.69) is 10.5 Å². The average Bonchev–Trinajstić information content (AvgIpc) is 2.37. The van der Waals surface area contributed by atoms with Crippen LogP contribution in [0.5, 0.6) is 0 Å². The van der Waals surface area contributed by atoms with Crippen LogP contribution in [0.3, 0.4) is 0 Å². The van der Waals surface area contributed by atoms with E-state index < -0.39 is 5.54 Å². The smallest absolute Gasteiger partial charge is 0.251 e. The minimum Gasteiger partial charge on any atom is -0.409 e. The van der Waals surface area contributed by atoms with Gasteiger partial charge in [0.15, 0.2) is 5.84 Å². The average molecular weight is 265 g/mol. The summed E-state index contributed by atoms with van der Waals surface area (Å²) in [5, 5.41) is 14.4. The lowest BCUT2D eigenvalue weighted by molar-refractivity contribution is 0.0820. The van der Waals surface area contributed by atoms with E-state index in [1.165, 1.54) is 0 Å². The molecule has 0 unspecified atom stereocenters. The summed E-state index contributed by atoms with van der Waals surface area (Å²) in [6, 6.07) is 6.55. The molecule has 0 aliphatic rings. The van der Waals surface area contributed by atoms with Crippen LogP contribution in [0, 0.1) is 0 Å². The van der Waals surface area contributed by atoms with Crippen molar-refractivity contribution in [2.24, 2.45) is 10.9 Å². The van der Waals surface area contributed by atoms with E-state index in [4.69, 9.17) is 15.7 Å². The minimum atomic E-state index is -0.474. The highest BCUT2D eigenvalue weighted by Crippen LogP contribution is 2.08. The fraction of sp³-hybridized carbons (Fsp3) is 0.385. The molecule has 0 saturated carbocycles. The molecule has 104 valence electrons. The quantitative estimate of drug-likeness (QED) is 0.319. The molecule has 0 heterocycles. The van der Waals surface area contributed by atoms with Crippen molar-refractivity contribution >= 4 is 11.7 Å². The van der Waals surface area contributed by atoms with E-state index in [0.717, 1.165) is 0 Å². The van der Waals surface area contributed by atoms with Crippen molar-refractivity contribution in [1.29, 1.82) is 0 Å². The summed E-state index contributed by atoms with van der Waals surface area (Å²) in [6.07, 6.45) is 0. The maximum Gasteiger partial charge on any atom is 0.251 e. The van der Waals surface area contributed by atoms with Gasteiger partial charge in [-0.1, -0.05) is 17.3 Å². The molecule has 0 atom stereocenters. The Morgan fingerprint density at radius 1 is 1.47 bits per heavy atom. The van der Waals surface area contributed by atoms with Crippen molar-refractivity contribution in [3.8, 4) is 0 Å². The summed E-state index contributed by atoms with van der Waals surface area (Å²) in [4.78, 5) is 12.1. The fourth-order valence-electron chi connectivity index (χ4n) is 1.65. The van der Waals surface area contributed by atoms with Crippen molar-refractivity contribution in [3.05, 3.63) is 35.4 Å². The molecule has 0 aromatic heterocycles. The third-order valence-corrected chi connectivity index (χ3v) is 2.49. The van der Waals surface area contributed by atoms with Crippen LogP contribution in [-0.4, -0.2) is 36.2 Å². The molecule has 0 radical (unpaired) electrons. The normalized spacial score (nSPS) is 12.3. The number of hydrogen-bond donors (Lipinski definition) is 3. The van der Waals surface area contributed by atoms with Gasteiger partial charge in [-0.2, -0.15) is 0 Å². The van der Waals surface area contributed by atoms with Gasteiger partial charge in [0.05, 0.1) is 12.1 Å². The zero-order chi connectivity index (χ0) is 14.5. The van der Waals surface area contributed by atoms with Crippen LogP contribution in [0.2, 0.25) is 0 Å². The number of hydrogen-bond acceptors (Lipinski definition) is 4. The van der Waals surface area contributed by atoms with Crippen molar-refractivity contribution in [2.75, 3.05) is 13.7 Å². The van der Waals surface area contributed by atoms with Gasteiger partial charge < -0.3 is 21.0 Å². The number of nitrogens with two attached hydrogens (primary N) is 1. The number of ether oxygens (including phenoxy) is 1. The standard InChI is InChI=1S/C13H19N3O3/c1-13(2,8-19-3)15-12(17)10-6-4-5-9(7-10)11(14)16-18/h4-7,18H,8H2,1-3H3,(H2,14,16)(H,15,17). The first kappa shape index (κ1) is 15.0. The summed E-state index contributed by atoms with van der Waals surface area (Å²) >= 11 is 0. The van der Waals surface area contributed by atoms with Gasteiger partial charge in [0.25, 0.3) is 5.91 Å². The summed E-state index contributed by atoms with van der Waals surface area (Å²) < 4.78 is 5.04. The second kappa shape index (κ2) is 6.19. The lowest BCUT2D eigenvalue weighted by Gasteiger charge is -2.25. The topological polar surface area (TPSA) is 96.9 Å². The summed E-state index contributed by atoms with van der Waals surface area (Å²) in [7, 11) is 1.58. The lowest BCUT2D eigenvalue weighted by atomic mass is 10.0. The number of rotatable bonds is 5. The SMILES string of the molecule is COCC(C)(C)NC(=O)c1cccc(/C(N)=N/O)c1. The van der Waals surface area contributed by atoms with Crippen LogP contribution in [-0.2, 0) is 4.74 Å². The molecule has 0 aliphatic heterocycles. The van der Waals surface area contributed by atoms with Crippen LogP contribution in [0.25, 0.3) is 0 Å². The monoisotopic (exact) mass is 265 g/mol. The molecule has 0 aliphatic carbocycles. The van der Waals surface area contributed by atoms with Crippen molar-refractivity contribution in [2.45, 2.75) is 19.4 Å². The first-order valence-corrected chi connectivity index (χ1v) is 5.79. The number of methoxy groups -OCH3 is 1. The van der Waals surface area contributed by atoms with Gasteiger partial charge >= 0.3 is 0 Å². The Labute approximate surface area is 112 Å². The molecular weight excluding hydrogens is 246 g/mol. The summed E-state index contributed by atoms with van der Waals surface area (Å²) in [5.41, 5.74) is 5.94. The Kier molecular flexibility index (Phi) is 4.88. The van der Waals surface area contributed by atoms with Crippen molar-refractivity contribution in [3.63, 3.8) is 0 Å². The Hall–Kier alpha value is -2.08. The van der Waals surface area contributed by atoms with Crippen LogP contribution in [0.4, 0.5) is 0 Å². The van der Waals surface area contributed by atoms with Crippen LogP contribution in [0.15, 0.2) is 29.4 Å². The van der Waals surface area contributed by atoms with Crippen molar-refractivity contribution in [1.82, 2.24) is 5.32 Å². The number of benzene rings is 1. The molecule has 1 amide bonds. The second-order valence-corrected chi connectivity index (χ2v) is 4.84. The highest BCUT2D eigenvalue weighted by molar-refractivity contribution is 6.01. The van der Waals surface area contributed by atoms with E-state index in [-0.39, 0.29) is 11.7 Å². The molecule has 1 rings (SSSR count). The van der Waals surface area contributed by atoms with Gasteiger partial charge in [-0.05, 0) is 26.0 Å². The predicted molar refractivity (Wildman–Crippen MR) is 72.4 cm³/mol. The Balaban J connectivity index is 2.89. The largest absolute Gasteiger partial charge is 0.409 e. The van der Waals surface area contributed by atoms with E-state index >= 15 is 0 Å². The third-order valence-electron chi connectivity index (χ3n) is 2.49. The van der Waals surface area contributed by atoms with Gasteiger partial charge in [-0.15, -0.1) is 0 Å². The number of carbonyl (C=O) groups is 1. The lowest BCUT2D eigenvalue weighted by Crippen LogP contribution is -2.46. The number of nitrogens with zero attached hydrogens (tertiary/aromatic N) is 1. The maximum absolute atomic E-state index is 12.1. The summed E-state index contributed by atoms with van der Waals surface area (Å²) in [6.45, 7) is 4.13. The molecule has 1 aromatic rings. The van der Waals surface area contributed by atoms with Crippen LogP contribution in [0.1, 0.15) is 29.8 Å². The van der Waals surface area contributed by atoms with Gasteiger partial charge in [0, 0.05) is 18.2 Å². The van der Waals surface area contributed by atoms with E-state index in [9.17, 15) is 4.79 Å². The number of carbonyl (C=O) groups excluding carboxylic acids is 1. The number of amidine groups is 1. The Bertz CT molecular complexity index is 484. The predicted octanol–water partition coefficient (Wildman–Crippen LogP) is 0.936. The zero-order valence-electron chi connectivity index (χ0n) is 11.3. The van der Waals surface area contributed by atoms with Crippen LogP contribution < -0.4 is 11.1 Å². The zero-order valence-corrected chi connectivity index (χ0v) is 11.3. The maximum atomic E-state index is 12.1. The Morgan fingerprint density at radius 3 is 2.68 bits per heavy atom. The molecule has 0 bridgehead atoms. The Morgan fingerprint density at radius 2 is 2.11 bits per heavy atom. The molecule has 0 saturated heterocycles. The van der Waals surface area contributed by atoms with Gasteiger partial charge in [-0.25, -0.2) is 0 Å². The first-order valence-electron chi connectivity index (χ1n) is 5.79. The number of nitrogens with one attached hydrogen (secondary N) is 1. The van der Waals surface area contributed by atoms with Gasteiger partial charge in [-0.3, -0.25) is 4.79 Å².